The van der Waals surface area contributed by atoms with Crippen LogP contribution in [0.4, 0.5) is 4.39 Å². The first-order chi connectivity index (χ1) is 9.19. The molecule has 1 aromatic carbocycles. The van der Waals surface area contributed by atoms with Crippen LogP contribution in [0.3, 0.4) is 0 Å². The van der Waals surface area contributed by atoms with E-state index in [4.69, 9.17) is 11.6 Å². The Hall–Kier alpha value is -0.360. The Labute approximate surface area is 130 Å². The van der Waals surface area contributed by atoms with Crippen LogP contribution in [0.2, 0.25) is 0 Å². The van der Waals surface area contributed by atoms with Crippen molar-refractivity contribution in [1.82, 2.24) is 9.55 Å². The minimum absolute atomic E-state index is 0.181. The van der Waals surface area contributed by atoms with E-state index in [-0.39, 0.29) is 5.82 Å². The Kier molecular flexibility index (Phi) is 3.98. The maximum absolute atomic E-state index is 13.7. The van der Waals surface area contributed by atoms with E-state index >= 15 is 0 Å². The van der Waals surface area contributed by atoms with E-state index in [1.807, 2.05) is 22.6 Å². The number of hydrogen-bond donors (Lipinski definition) is 0. The monoisotopic (exact) mass is 392 g/mol. The fourth-order valence-electron chi connectivity index (χ4n) is 2.61. The van der Waals surface area contributed by atoms with Crippen molar-refractivity contribution in [2.45, 2.75) is 38.1 Å². The number of alkyl halides is 1. The topological polar surface area (TPSA) is 17.8 Å². The quantitative estimate of drug-likeness (QED) is 0.544. The summed E-state index contributed by atoms with van der Waals surface area (Å²) in [5.74, 6) is 1.86. The molecule has 1 heterocycles. The zero-order valence-corrected chi connectivity index (χ0v) is 13.4. The van der Waals surface area contributed by atoms with Crippen LogP contribution in [0.1, 0.15) is 31.5 Å². The Balaban J connectivity index is 1.96. The second-order valence-corrected chi connectivity index (χ2v) is 6.58. The lowest BCUT2D eigenvalue weighted by molar-refractivity contribution is 0.282. The Morgan fingerprint density at radius 1 is 1.42 bits per heavy atom. The number of aromatic nitrogens is 2. The van der Waals surface area contributed by atoms with Gasteiger partial charge in [0.1, 0.15) is 11.6 Å². The lowest BCUT2D eigenvalue weighted by Crippen LogP contribution is -2.14. The standard InChI is InChI=1S/C14H15ClFIN2/c15-8-14-18-12-7-11(17)10(16)6-13(12)19(14)5-4-9-2-1-3-9/h6-7,9H,1-5,8H2. The van der Waals surface area contributed by atoms with Gasteiger partial charge in [-0.25, -0.2) is 9.37 Å². The van der Waals surface area contributed by atoms with Crippen molar-refractivity contribution in [3.8, 4) is 0 Å². The fraction of sp³-hybridized carbons (Fsp3) is 0.500. The molecule has 102 valence electrons. The number of halogens is 3. The Morgan fingerprint density at radius 3 is 2.84 bits per heavy atom. The van der Waals surface area contributed by atoms with Crippen LogP contribution in [0.15, 0.2) is 12.1 Å². The molecule has 1 saturated carbocycles. The van der Waals surface area contributed by atoms with Gasteiger partial charge in [-0.15, -0.1) is 11.6 Å². The summed E-state index contributed by atoms with van der Waals surface area (Å²) >= 11 is 7.96. The highest BCUT2D eigenvalue weighted by atomic mass is 127. The van der Waals surface area contributed by atoms with Crippen LogP contribution in [-0.2, 0) is 12.4 Å². The molecule has 0 N–H and O–H groups in total. The molecule has 1 aliphatic carbocycles. The van der Waals surface area contributed by atoms with Gasteiger partial charge in [0.25, 0.3) is 0 Å². The highest BCUT2D eigenvalue weighted by Gasteiger charge is 2.19. The fourth-order valence-corrected chi connectivity index (χ4v) is 3.27. The number of imidazole rings is 1. The van der Waals surface area contributed by atoms with Gasteiger partial charge < -0.3 is 4.57 Å². The van der Waals surface area contributed by atoms with Crippen LogP contribution >= 0.6 is 34.2 Å². The summed E-state index contributed by atoms with van der Waals surface area (Å²) in [7, 11) is 0. The number of rotatable bonds is 4. The van der Waals surface area contributed by atoms with Gasteiger partial charge in [0, 0.05) is 12.6 Å². The van der Waals surface area contributed by atoms with E-state index < -0.39 is 0 Å². The third-order valence-electron chi connectivity index (χ3n) is 3.97. The molecule has 3 rings (SSSR count). The number of nitrogens with zero attached hydrogens (tertiary/aromatic N) is 2. The van der Waals surface area contributed by atoms with E-state index in [0.29, 0.717) is 9.45 Å². The molecule has 1 aliphatic rings. The van der Waals surface area contributed by atoms with Gasteiger partial charge in [0.2, 0.25) is 0 Å². The van der Waals surface area contributed by atoms with Gasteiger partial charge in [-0.1, -0.05) is 19.3 Å². The zero-order valence-electron chi connectivity index (χ0n) is 10.5. The van der Waals surface area contributed by atoms with E-state index in [9.17, 15) is 4.39 Å². The second-order valence-electron chi connectivity index (χ2n) is 5.15. The molecule has 19 heavy (non-hydrogen) atoms. The lowest BCUT2D eigenvalue weighted by atomic mass is 9.83. The molecule has 1 aromatic heterocycles. The van der Waals surface area contributed by atoms with Crippen LogP contribution in [0.5, 0.6) is 0 Å². The second kappa shape index (κ2) is 5.56. The maximum Gasteiger partial charge on any atom is 0.138 e. The van der Waals surface area contributed by atoms with Crippen molar-refractivity contribution in [1.29, 1.82) is 0 Å². The van der Waals surface area contributed by atoms with Gasteiger partial charge in [-0.05, 0) is 41.0 Å². The zero-order chi connectivity index (χ0) is 13.4. The summed E-state index contributed by atoms with van der Waals surface area (Å²) in [6.07, 6.45) is 5.15. The number of aryl methyl sites for hydroxylation is 1. The van der Waals surface area contributed by atoms with Gasteiger partial charge in [-0.2, -0.15) is 0 Å². The molecule has 0 unspecified atom stereocenters. The van der Waals surface area contributed by atoms with Crippen molar-refractivity contribution in [3.05, 3.63) is 27.3 Å². The predicted octanol–water partition coefficient (Wildman–Crippen LogP) is 4.71. The molecule has 2 nitrogen and oxygen atoms in total. The first kappa shape index (κ1) is 13.6. The molecule has 0 radical (unpaired) electrons. The van der Waals surface area contributed by atoms with Crippen molar-refractivity contribution in [2.24, 2.45) is 5.92 Å². The number of fused-ring (bicyclic) bond motifs is 1. The van der Waals surface area contributed by atoms with Crippen LogP contribution < -0.4 is 0 Å². The van der Waals surface area contributed by atoms with E-state index in [1.165, 1.54) is 19.3 Å². The molecular weight excluding hydrogens is 378 g/mol. The van der Waals surface area contributed by atoms with Gasteiger partial charge in [-0.3, -0.25) is 0 Å². The molecule has 0 atom stereocenters. The molecule has 5 heteroatoms. The maximum atomic E-state index is 13.7. The predicted molar refractivity (Wildman–Crippen MR) is 83.9 cm³/mol. The largest absolute Gasteiger partial charge is 0.327 e. The molecule has 0 bridgehead atoms. The normalized spacial score (nSPS) is 15.9. The number of hydrogen-bond acceptors (Lipinski definition) is 1. The highest BCUT2D eigenvalue weighted by Crippen LogP contribution is 2.31. The van der Waals surface area contributed by atoms with Crippen LogP contribution in [0, 0.1) is 15.3 Å². The Morgan fingerprint density at radius 2 is 2.21 bits per heavy atom. The molecule has 1 fully saturated rings. The summed E-state index contributed by atoms with van der Waals surface area (Å²) in [5.41, 5.74) is 1.71. The van der Waals surface area contributed by atoms with Crippen molar-refractivity contribution in [3.63, 3.8) is 0 Å². The average molecular weight is 393 g/mol. The molecular formula is C14H15ClFIN2. The van der Waals surface area contributed by atoms with Crippen molar-refractivity contribution in [2.75, 3.05) is 0 Å². The van der Waals surface area contributed by atoms with Gasteiger partial charge in [0.05, 0.1) is 20.5 Å². The first-order valence-corrected chi connectivity index (χ1v) is 8.20. The number of benzene rings is 1. The van der Waals surface area contributed by atoms with Crippen molar-refractivity contribution >= 4 is 45.2 Å². The van der Waals surface area contributed by atoms with Crippen molar-refractivity contribution < 1.29 is 4.39 Å². The molecule has 0 amide bonds. The third-order valence-corrected chi connectivity index (χ3v) is 5.04. The van der Waals surface area contributed by atoms with E-state index in [2.05, 4.69) is 9.55 Å². The summed E-state index contributed by atoms with van der Waals surface area (Å²) in [6, 6.07) is 3.38. The summed E-state index contributed by atoms with van der Waals surface area (Å²) in [6.45, 7) is 0.892. The van der Waals surface area contributed by atoms with Gasteiger partial charge in [0.15, 0.2) is 0 Å². The summed E-state index contributed by atoms with van der Waals surface area (Å²) < 4.78 is 16.4. The SMILES string of the molecule is Fc1cc2c(cc1I)nc(CCl)n2CCC1CCC1. The van der Waals surface area contributed by atoms with E-state index in [1.54, 1.807) is 12.1 Å². The smallest absolute Gasteiger partial charge is 0.138 e. The van der Waals surface area contributed by atoms with E-state index in [0.717, 1.165) is 35.7 Å². The molecule has 0 spiro atoms. The first-order valence-electron chi connectivity index (χ1n) is 6.59. The minimum atomic E-state index is -0.181. The summed E-state index contributed by atoms with van der Waals surface area (Å²) in [5, 5.41) is 0. The Bertz CT molecular complexity index is 607. The lowest BCUT2D eigenvalue weighted by Gasteiger charge is -2.25. The molecule has 0 aliphatic heterocycles. The molecule has 2 aromatic rings. The van der Waals surface area contributed by atoms with Crippen LogP contribution in [-0.4, -0.2) is 9.55 Å². The van der Waals surface area contributed by atoms with Crippen LogP contribution in [0.25, 0.3) is 11.0 Å². The third kappa shape index (κ3) is 2.61. The highest BCUT2D eigenvalue weighted by molar-refractivity contribution is 14.1. The van der Waals surface area contributed by atoms with Gasteiger partial charge >= 0.3 is 0 Å². The minimum Gasteiger partial charge on any atom is -0.327 e. The summed E-state index contributed by atoms with van der Waals surface area (Å²) in [4.78, 5) is 4.51. The molecule has 0 saturated heterocycles. The average Bonchev–Trinajstić information content (AvgIpc) is 2.66.